The molecule has 0 radical (unpaired) electrons. The highest BCUT2D eigenvalue weighted by atomic mass is 32.2. The highest BCUT2D eigenvalue weighted by Gasteiger charge is 2.30. The molecule has 1 aliphatic rings. The largest absolute Gasteiger partial charge is 0.342 e. The number of hydrogen-bond donors (Lipinski definition) is 0. The molecule has 1 aliphatic carbocycles. The molecule has 1 heterocycles. The number of carbonyl (C=O) groups is 1. The summed E-state index contributed by atoms with van der Waals surface area (Å²) in [7, 11) is 0. The zero-order chi connectivity index (χ0) is 13.1. The second-order valence-electron chi connectivity index (χ2n) is 4.41. The zero-order valence-corrected chi connectivity index (χ0v) is 11.9. The summed E-state index contributed by atoms with van der Waals surface area (Å²) in [6.07, 6.45) is 2.27. The Morgan fingerprint density at radius 2 is 2.17 bits per heavy atom. The number of amides is 1. The van der Waals surface area contributed by atoms with Gasteiger partial charge in [0.1, 0.15) is 0 Å². The van der Waals surface area contributed by atoms with Gasteiger partial charge in [-0.2, -0.15) is 0 Å². The average Bonchev–Trinajstić information content (AvgIpc) is 3.11. The number of nitrogens with zero attached hydrogens (tertiary/aromatic N) is 5. The molecule has 1 unspecified atom stereocenters. The minimum Gasteiger partial charge on any atom is -0.342 e. The predicted octanol–water partition coefficient (Wildman–Crippen LogP) is 1.36. The first kappa shape index (κ1) is 13.3. The molecule has 2 rings (SSSR count). The van der Waals surface area contributed by atoms with Crippen LogP contribution in [0.3, 0.4) is 0 Å². The van der Waals surface area contributed by atoms with E-state index in [0.29, 0.717) is 6.04 Å². The first-order valence-corrected chi connectivity index (χ1v) is 7.28. The quantitative estimate of drug-likeness (QED) is 0.730. The van der Waals surface area contributed by atoms with Crippen LogP contribution in [0.2, 0.25) is 0 Å². The molecule has 1 aromatic heterocycles. The molecule has 18 heavy (non-hydrogen) atoms. The van der Waals surface area contributed by atoms with Gasteiger partial charge in [-0.3, -0.25) is 4.79 Å². The summed E-state index contributed by atoms with van der Waals surface area (Å²) in [4.78, 5) is 14.0. The molecule has 1 saturated carbocycles. The van der Waals surface area contributed by atoms with Crippen LogP contribution >= 0.6 is 11.8 Å². The Labute approximate surface area is 111 Å². The fraction of sp³-hybridized carbons (Fsp3) is 0.818. The molecular weight excluding hydrogens is 250 g/mol. The highest BCUT2D eigenvalue weighted by Crippen LogP contribution is 2.37. The van der Waals surface area contributed by atoms with Crippen molar-refractivity contribution in [2.75, 3.05) is 13.1 Å². The van der Waals surface area contributed by atoms with Crippen LogP contribution in [0.5, 0.6) is 0 Å². The standard InChI is InChI=1S/C11H19N5OS/c1-4-15(5-2)10(17)8(3)18-11-12-13-14-16(11)9-6-7-9/h8-9H,4-7H2,1-3H3. The molecule has 0 spiro atoms. The van der Waals surface area contributed by atoms with Crippen molar-refractivity contribution in [1.29, 1.82) is 0 Å². The van der Waals surface area contributed by atoms with Gasteiger partial charge in [0.15, 0.2) is 0 Å². The van der Waals surface area contributed by atoms with Crippen LogP contribution in [0.4, 0.5) is 0 Å². The molecule has 0 saturated heterocycles. The third kappa shape index (κ3) is 2.82. The van der Waals surface area contributed by atoms with E-state index >= 15 is 0 Å². The van der Waals surface area contributed by atoms with Gasteiger partial charge in [-0.15, -0.1) is 5.10 Å². The van der Waals surface area contributed by atoms with Gasteiger partial charge in [0.25, 0.3) is 0 Å². The van der Waals surface area contributed by atoms with Crippen molar-refractivity contribution in [2.45, 2.75) is 50.1 Å². The average molecular weight is 269 g/mol. The molecule has 6 nitrogen and oxygen atoms in total. The molecule has 1 atom stereocenters. The molecular formula is C11H19N5OS. The van der Waals surface area contributed by atoms with E-state index in [2.05, 4.69) is 15.5 Å². The van der Waals surface area contributed by atoms with Crippen LogP contribution < -0.4 is 0 Å². The smallest absolute Gasteiger partial charge is 0.235 e. The second-order valence-corrected chi connectivity index (χ2v) is 5.72. The summed E-state index contributed by atoms with van der Waals surface area (Å²) in [5.74, 6) is 0.148. The summed E-state index contributed by atoms with van der Waals surface area (Å²) >= 11 is 1.45. The van der Waals surface area contributed by atoms with Crippen molar-refractivity contribution in [1.82, 2.24) is 25.1 Å². The van der Waals surface area contributed by atoms with Gasteiger partial charge in [-0.25, -0.2) is 4.68 Å². The highest BCUT2D eigenvalue weighted by molar-refractivity contribution is 8.00. The van der Waals surface area contributed by atoms with Gasteiger partial charge >= 0.3 is 0 Å². The van der Waals surface area contributed by atoms with E-state index in [1.54, 1.807) is 0 Å². The van der Waals surface area contributed by atoms with Gasteiger partial charge < -0.3 is 4.90 Å². The van der Waals surface area contributed by atoms with Gasteiger partial charge in [0.2, 0.25) is 11.1 Å². The van der Waals surface area contributed by atoms with Crippen LogP contribution in [0.25, 0.3) is 0 Å². The van der Waals surface area contributed by atoms with Crippen LogP contribution in [-0.4, -0.2) is 49.4 Å². The van der Waals surface area contributed by atoms with Crippen molar-refractivity contribution < 1.29 is 4.79 Å². The Morgan fingerprint density at radius 1 is 1.50 bits per heavy atom. The molecule has 0 aliphatic heterocycles. The Bertz CT molecular complexity index is 413. The van der Waals surface area contributed by atoms with Crippen LogP contribution in [0.1, 0.15) is 39.7 Å². The lowest BCUT2D eigenvalue weighted by molar-refractivity contribution is -0.129. The molecule has 0 aromatic carbocycles. The second kappa shape index (κ2) is 5.69. The van der Waals surface area contributed by atoms with E-state index < -0.39 is 0 Å². The molecule has 0 N–H and O–H groups in total. The monoisotopic (exact) mass is 269 g/mol. The summed E-state index contributed by atoms with van der Waals surface area (Å²) in [5.41, 5.74) is 0. The fourth-order valence-corrected chi connectivity index (χ4v) is 2.76. The number of tetrazole rings is 1. The van der Waals surface area contributed by atoms with E-state index in [-0.39, 0.29) is 11.2 Å². The minimum absolute atomic E-state index is 0.145. The fourth-order valence-electron chi connectivity index (χ4n) is 1.81. The molecule has 100 valence electrons. The van der Waals surface area contributed by atoms with Crippen molar-refractivity contribution in [3.8, 4) is 0 Å². The van der Waals surface area contributed by atoms with Crippen molar-refractivity contribution >= 4 is 17.7 Å². The Balaban J connectivity index is 1.99. The van der Waals surface area contributed by atoms with Gasteiger partial charge in [-0.1, -0.05) is 11.8 Å². The third-order valence-corrected chi connectivity index (χ3v) is 4.10. The lowest BCUT2D eigenvalue weighted by Gasteiger charge is -2.22. The van der Waals surface area contributed by atoms with E-state index in [1.165, 1.54) is 11.8 Å². The maximum absolute atomic E-state index is 12.2. The number of aromatic nitrogens is 4. The van der Waals surface area contributed by atoms with E-state index in [9.17, 15) is 4.79 Å². The first-order chi connectivity index (χ1) is 8.67. The van der Waals surface area contributed by atoms with Crippen molar-refractivity contribution in [3.05, 3.63) is 0 Å². The van der Waals surface area contributed by atoms with Gasteiger partial charge in [0.05, 0.1) is 11.3 Å². The van der Waals surface area contributed by atoms with Crippen molar-refractivity contribution in [2.24, 2.45) is 0 Å². The minimum atomic E-state index is -0.145. The summed E-state index contributed by atoms with van der Waals surface area (Å²) < 4.78 is 1.84. The molecule has 7 heteroatoms. The van der Waals surface area contributed by atoms with E-state index in [1.807, 2.05) is 30.4 Å². The summed E-state index contributed by atoms with van der Waals surface area (Å²) in [6.45, 7) is 7.39. The number of hydrogen-bond acceptors (Lipinski definition) is 5. The maximum Gasteiger partial charge on any atom is 0.235 e. The molecule has 0 bridgehead atoms. The summed E-state index contributed by atoms with van der Waals surface area (Å²) in [5, 5.41) is 12.3. The topological polar surface area (TPSA) is 63.9 Å². The normalized spacial score (nSPS) is 16.6. The first-order valence-electron chi connectivity index (χ1n) is 6.40. The number of thioether (sulfide) groups is 1. The maximum atomic E-state index is 12.2. The van der Waals surface area contributed by atoms with Crippen molar-refractivity contribution in [3.63, 3.8) is 0 Å². The summed E-state index contributed by atoms with van der Waals surface area (Å²) in [6, 6.07) is 0.443. The number of rotatable bonds is 6. The molecule has 1 aromatic rings. The van der Waals surface area contributed by atoms with Gasteiger partial charge in [0, 0.05) is 13.1 Å². The lowest BCUT2D eigenvalue weighted by atomic mass is 10.4. The Hall–Kier alpha value is -1.11. The molecule has 1 fully saturated rings. The predicted molar refractivity (Wildman–Crippen MR) is 69.3 cm³/mol. The Morgan fingerprint density at radius 3 is 2.72 bits per heavy atom. The van der Waals surface area contributed by atoms with Gasteiger partial charge in [-0.05, 0) is 44.0 Å². The van der Waals surface area contributed by atoms with Crippen LogP contribution in [-0.2, 0) is 4.79 Å². The van der Waals surface area contributed by atoms with Crippen LogP contribution in [0, 0.1) is 0 Å². The zero-order valence-electron chi connectivity index (χ0n) is 11.0. The SMILES string of the molecule is CCN(CC)C(=O)C(C)Sc1nnnn1C1CC1. The van der Waals surface area contributed by atoms with Crippen LogP contribution in [0.15, 0.2) is 5.16 Å². The molecule has 1 amide bonds. The van der Waals surface area contributed by atoms with E-state index in [4.69, 9.17) is 0 Å². The Kier molecular flexibility index (Phi) is 4.21. The third-order valence-electron chi connectivity index (χ3n) is 3.06. The lowest BCUT2D eigenvalue weighted by Crippen LogP contribution is -2.36. The number of carbonyl (C=O) groups excluding carboxylic acids is 1. The van der Waals surface area contributed by atoms with E-state index in [0.717, 1.165) is 31.1 Å².